The summed E-state index contributed by atoms with van der Waals surface area (Å²) in [7, 11) is 1.72. The minimum atomic E-state index is -0.561. The van der Waals surface area contributed by atoms with Crippen molar-refractivity contribution in [3.8, 4) is 28.5 Å². The molecule has 1 aromatic carbocycles. The van der Waals surface area contributed by atoms with Crippen LogP contribution in [-0.4, -0.2) is 24.9 Å². The lowest BCUT2D eigenvalue weighted by Crippen LogP contribution is -2.12. The highest BCUT2D eigenvalue weighted by Crippen LogP contribution is 2.25. The van der Waals surface area contributed by atoms with Gasteiger partial charge in [-0.05, 0) is 23.8 Å². The summed E-state index contributed by atoms with van der Waals surface area (Å²) >= 11 is 0. The van der Waals surface area contributed by atoms with Crippen molar-refractivity contribution in [3.05, 3.63) is 52.7 Å². The van der Waals surface area contributed by atoms with E-state index in [1.54, 1.807) is 24.0 Å². The number of nitrogens with zero attached hydrogens (tertiary/aromatic N) is 3. The Balaban J connectivity index is 2.15. The average molecular weight is 286 g/mol. The maximum atomic E-state index is 13.2. The largest absolute Gasteiger partial charge is 0.493 e. The quantitative estimate of drug-likeness (QED) is 0.750. The van der Waals surface area contributed by atoms with E-state index >= 15 is 0 Å². The molecule has 0 aliphatic rings. The monoisotopic (exact) mass is 286 g/mol. The van der Waals surface area contributed by atoms with Crippen molar-refractivity contribution in [2.24, 2.45) is 7.05 Å². The molecular formula is C14H11FN4O2. The molecule has 0 radical (unpaired) electrons. The van der Waals surface area contributed by atoms with E-state index in [0.717, 1.165) is 6.07 Å². The van der Waals surface area contributed by atoms with Crippen LogP contribution in [0, 0.1) is 5.82 Å². The first-order valence-corrected chi connectivity index (χ1v) is 6.14. The van der Waals surface area contributed by atoms with Gasteiger partial charge in [-0.3, -0.25) is 9.48 Å². The average Bonchev–Trinajstić information content (AvgIpc) is 2.85. The molecule has 0 unspecified atom stereocenters. The van der Waals surface area contributed by atoms with Crippen LogP contribution in [-0.2, 0) is 7.05 Å². The summed E-state index contributed by atoms with van der Waals surface area (Å²) in [5, 5.41) is 14.1. The molecule has 0 spiro atoms. The fourth-order valence-corrected chi connectivity index (χ4v) is 2.03. The molecule has 2 heterocycles. The number of benzene rings is 1. The van der Waals surface area contributed by atoms with E-state index in [2.05, 4.69) is 15.1 Å². The van der Waals surface area contributed by atoms with Gasteiger partial charge in [-0.15, -0.1) is 0 Å². The van der Waals surface area contributed by atoms with Crippen molar-refractivity contribution < 1.29 is 9.50 Å². The lowest BCUT2D eigenvalue weighted by molar-refractivity contribution is 0.454. The third-order valence-corrected chi connectivity index (χ3v) is 2.97. The molecular weight excluding hydrogens is 275 g/mol. The van der Waals surface area contributed by atoms with Gasteiger partial charge in [-0.2, -0.15) is 10.1 Å². The molecule has 0 atom stereocenters. The zero-order valence-corrected chi connectivity index (χ0v) is 11.0. The number of H-pyrrole nitrogens is 1. The zero-order valence-electron chi connectivity index (χ0n) is 11.0. The van der Waals surface area contributed by atoms with E-state index < -0.39 is 17.3 Å². The molecule has 21 heavy (non-hydrogen) atoms. The molecule has 7 heteroatoms. The number of rotatable bonds is 2. The molecule has 0 amide bonds. The van der Waals surface area contributed by atoms with Crippen LogP contribution in [0.3, 0.4) is 0 Å². The van der Waals surface area contributed by atoms with Crippen molar-refractivity contribution in [1.82, 2.24) is 19.7 Å². The van der Waals surface area contributed by atoms with E-state index in [1.807, 2.05) is 0 Å². The standard InChI is InChI=1S/C14H11FN4O2/c1-19-6-5-10(18-19)12-16-13(20)11(14(21)17-12)8-3-2-4-9(15)7-8/h2-7H,1H3,(H2,16,17,20,21). The summed E-state index contributed by atoms with van der Waals surface area (Å²) in [4.78, 5) is 18.6. The van der Waals surface area contributed by atoms with Crippen LogP contribution in [0.25, 0.3) is 22.6 Å². The molecule has 0 saturated heterocycles. The Labute approximate surface area is 118 Å². The van der Waals surface area contributed by atoms with Crippen LogP contribution >= 0.6 is 0 Å². The highest BCUT2D eigenvalue weighted by molar-refractivity contribution is 5.68. The molecule has 0 saturated carbocycles. The highest BCUT2D eigenvalue weighted by atomic mass is 19.1. The number of hydrogen-bond donors (Lipinski definition) is 2. The fourth-order valence-electron chi connectivity index (χ4n) is 2.03. The van der Waals surface area contributed by atoms with Crippen molar-refractivity contribution >= 4 is 0 Å². The molecule has 106 valence electrons. The van der Waals surface area contributed by atoms with Gasteiger partial charge < -0.3 is 10.1 Å². The van der Waals surface area contributed by atoms with E-state index in [9.17, 15) is 14.3 Å². The van der Waals surface area contributed by atoms with Gasteiger partial charge in [0.2, 0.25) is 5.88 Å². The first kappa shape index (κ1) is 13.0. The second kappa shape index (κ2) is 4.86. The SMILES string of the molecule is Cn1ccc(-c2nc(O)c(-c3cccc(F)c3)c(=O)[nH]2)n1. The Morgan fingerprint density at radius 1 is 1.33 bits per heavy atom. The molecule has 6 nitrogen and oxygen atoms in total. The predicted molar refractivity (Wildman–Crippen MR) is 74.1 cm³/mol. The Hall–Kier alpha value is -2.96. The van der Waals surface area contributed by atoms with E-state index in [0.29, 0.717) is 5.69 Å². The summed E-state index contributed by atoms with van der Waals surface area (Å²) in [6.07, 6.45) is 1.69. The zero-order chi connectivity index (χ0) is 15.0. The number of nitrogens with one attached hydrogen (secondary N) is 1. The van der Waals surface area contributed by atoms with Gasteiger partial charge in [0.15, 0.2) is 5.82 Å². The van der Waals surface area contributed by atoms with Gasteiger partial charge in [0.1, 0.15) is 17.1 Å². The Morgan fingerprint density at radius 3 is 2.76 bits per heavy atom. The van der Waals surface area contributed by atoms with Crippen LogP contribution in [0.2, 0.25) is 0 Å². The van der Waals surface area contributed by atoms with Crippen molar-refractivity contribution in [1.29, 1.82) is 0 Å². The number of aryl methyl sites for hydroxylation is 1. The first-order chi connectivity index (χ1) is 10.0. The third kappa shape index (κ3) is 2.40. The Bertz CT molecular complexity index is 869. The Morgan fingerprint density at radius 2 is 2.14 bits per heavy atom. The second-order valence-corrected chi connectivity index (χ2v) is 4.50. The van der Waals surface area contributed by atoms with Crippen molar-refractivity contribution in [2.75, 3.05) is 0 Å². The molecule has 0 fully saturated rings. The highest BCUT2D eigenvalue weighted by Gasteiger charge is 2.15. The van der Waals surface area contributed by atoms with E-state index in [1.165, 1.54) is 18.2 Å². The van der Waals surface area contributed by atoms with Crippen LogP contribution < -0.4 is 5.56 Å². The van der Waals surface area contributed by atoms with Gasteiger partial charge in [0, 0.05) is 13.2 Å². The minimum Gasteiger partial charge on any atom is -0.493 e. The van der Waals surface area contributed by atoms with Crippen LogP contribution in [0.1, 0.15) is 0 Å². The topological polar surface area (TPSA) is 83.8 Å². The molecule has 2 N–H and O–H groups in total. The van der Waals surface area contributed by atoms with Gasteiger partial charge in [0.25, 0.3) is 5.56 Å². The molecule has 0 bridgehead atoms. The molecule has 3 aromatic rings. The van der Waals surface area contributed by atoms with Crippen LogP contribution in [0.4, 0.5) is 4.39 Å². The number of hydrogen-bond acceptors (Lipinski definition) is 4. The maximum Gasteiger partial charge on any atom is 0.262 e. The second-order valence-electron chi connectivity index (χ2n) is 4.50. The summed E-state index contributed by atoms with van der Waals surface area (Å²) in [6.45, 7) is 0. The van der Waals surface area contributed by atoms with Gasteiger partial charge in [-0.25, -0.2) is 4.39 Å². The van der Waals surface area contributed by atoms with Crippen LogP contribution in [0.15, 0.2) is 41.3 Å². The Kier molecular flexibility index (Phi) is 3.02. The minimum absolute atomic E-state index is 0.0748. The van der Waals surface area contributed by atoms with Gasteiger partial charge in [0.05, 0.1) is 0 Å². The predicted octanol–water partition coefficient (Wildman–Crippen LogP) is 1.68. The van der Waals surface area contributed by atoms with E-state index in [-0.39, 0.29) is 17.0 Å². The number of aromatic nitrogens is 4. The smallest absolute Gasteiger partial charge is 0.262 e. The first-order valence-electron chi connectivity index (χ1n) is 6.14. The third-order valence-electron chi connectivity index (χ3n) is 2.97. The van der Waals surface area contributed by atoms with Gasteiger partial charge in [-0.1, -0.05) is 12.1 Å². The summed E-state index contributed by atoms with van der Waals surface area (Å²) in [5.41, 5.74) is 0.0486. The maximum absolute atomic E-state index is 13.2. The van der Waals surface area contributed by atoms with Crippen molar-refractivity contribution in [3.63, 3.8) is 0 Å². The molecule has 0 aliphatic carbocycles. The molecule has 2 aromatic heterocycles. The van der Waals surface area contributed by atoms with E-state index in [4.69, 9.17) is 0 Å². The van der Waals surface area contributed by atoms with Gasteiger partial charge >= 0.3 is 0 Å². The normalized spacial score (nSPS) is 10.8. The summed E-state index contributed by atoms with van der Waals surface area (Å²) in [5.74, 6) is -0.816. The molecule has 0 aliphatic heterocycles. The lowest BCUT2D eigenvalue weighted by atomic mass is 10.1. The number of halogens is 1. The molecule has 3 rings (SSSR count). The lowest BCUT2D eigenvalue weighted by Gasteiger charge is -2.05. The fraction of sp³-hybridized carbons (Fsp3) is 0.0714. The number of aromatic hydroxyl groups is 1. The number of aromatic amines is 1. The summed E-state index contributed by atoms with van der Waals surface area (Å²) in [6, 6.07) is 7.04. The summed E-state index contributed by atoms with van der Waals surface area (Å²) < 4.78 is 14.8. The van der Waals surface area contributed by atoms with Crippen LogP contribution in [0.5, 0.6) is 5.88 Å². The van der Waals surface area contributed by atoms with Crippen molar-refractivity contribution in [2.45, 2.75) is 0 Å².